The van der Waals surface area contributed by atoms with Crippen LogP contribution in [0.25, 0.3) is 10.9 Å². The van der Waals surface area contributed by atoms with Crippen molar-refractivity contribution in [3.8, 4) is 11.5 Å². The molecule has 1 amide bonds. The van der Waals surface area contributed by atoms with Crippen LogP contribution in [0.15, 0.2) is 60.8 Å². The maximum atomic E-state index is 12.9. The maximum Gasteiger partial charge on any atom is 0.267 e. The molecule has 1 fully saturated rings. The molecule has 3 heterocycles. The largest absolute Gasteiger partial charge is 0.485 e. The van der Waals surface area contributed by atoms with Gasteiger partial charge in [0.2, 0.25) is 6.10 Å². The molecule has 0 saturated carbocycles. The summed E-state index contributed by atoms with van der Waals surface area (Å²) in [6.07, 6.45) is 1.27. The SMILES string of the molecule is O=C([C@@H]1COc2ccccc2O1)N1CCN(Cc2cccc3cccnc23)CC1. The molecule has 0 N–H and O–H groups in total. The molecule has 0 bridgehead atoms. The Morgan fingerprint density at radius 2 is 1.76 bits per heavy atom. The fourth-order valence-electron chi connectivity index (χ4n) is 4.01. The third-order valence-electron chi connectivity index (χ3n) is 5.58. The third kappa shape index (κ3) is 3.63. The summed E-state index contributed by atoms with van der Waals surface area (Å²) < 4.78 is 11.6. The predicted octanol–water partition coefficient (Wildman–Crippen LogP) is 2.72. The molecule has 2 aromatic carbocycles. The second-order valence-electron chi connectivity index (χ2n) is 7.46. The van der Waals surface area contributed by atoms with Crippen LogP contribution in [0.2, 0.25) is 0 Å². The number of carbonyl (C=O) groups excluding carboxylic acids is 1. The third-order valence-corrected chi connectivity index (χ3v) is 5.58. The van der Waals surface area contributed by atoms with Gasteiger partial charge in [0.15, 0.2) is 11.5 Å². The van der Waals surface area contributed by atoms with E-state index in [9.17, 15) is 4.79 Å². The lowest BCUT2D eigenvalue weighted by atomic mass is 10.1. The normalized spacial score (nSPS) is 19.3. The van der Waals surface area contributed by atoms with Crippen LogP contribution in [0.1, 0.15) is 5.56 Å². The van der Waals surface area contributed by atoms with E-state index in [0.717, 1.165) is 30.5 Å². The molecule has 0 spiro atoms. The Morgan fingerprint density at radius 1 is 0.966 bits per heavy atom. The number of fused-ring (bicyclic) bond motifs is 2. The maximum absolute atomic E-state index is 12.9. The number of aromatic nitrogens is 1. The number of pyridine rings is 1. The Balaban J connectivity index is 1.20. The second kappa shape index (κ2) is 7.72. The Labute approximate surface area is 169 Å². The molecule has 1 atom stereocenters. The van der Waals surface area contributed by atoms with Crippen molar-refractivity contribution in [1.29, 1.82) is 0 Å². The number of ether oxygens (including phenoxy) is 2. The quantitative estimate of drug-likeness (QED) is 0.690. The summed E-state index contributed by atoms with van der Waals surface area (Å²) in [7, 11) is 0. The number of hydrogen-bond acceptors (Lipinski definition) is 5. The van der Waals surface area contributed by atoms with Gasteiger partial charge in [-0.3, -0.25) is 14.7 Å². The Bertz CT molecular complexity index is 1030. The number of amides is 1. The summed E-state index contributed by atoms with van der Waals surface area (Å²) in [5, 5.41) is 1.16. The molecular formula is C23H23N3O3. The summed E-state index contributed by atoms with van der Waals surface area (Å²) in [6, 6.07) is 17.8. The van der Waals surface area contributed by atoms with Crippen LogP contribution >= 0.6 is 0 Å². The van der Waals surface area contributed by atoms with E-state index < -0.39 is 6.10 Å². The Morgan fingerprint density at radius 3 is 2.62 bits per heavy atom. The molecule has 29 heavy (non-hydrogen) atoms. The number of piperazine rings is 1. The van der Waals surface area contributed by atoms with Crippen molar-refractivity contribution in [2.24, 2.45) is 0 Å². The number of carbonyl (C=O) groups is 1. The van der Waals surface area contributed by atoms with Crippen molar-refractivity contribution in [2.45, 2.75) is 12.6 Å². The highest BCUT2D eigenvalue weighted by Crippen LogP contribution is 2.31. The van der Waals surface area contributed by atoms with Crippen molar-refractivity contribution in [3.63, 3.8) is 0 Å². The van der Waals surface area contributed by atoms with Crippen LogP contribution in [0.5, 0.6) is 11.5 Å². The molecule has 0 unspecified atom stereocenters. The molecular weight excluding hydrogens is 366 g/mol. The topological polar surface area (TPSA) is 54.9 Å². The summed E-state index contributed by atoms with van der Waals surface area (Å²) >= 11 is 0. The van der Waals surface area contributed by atoms with E-state index in [2.05, 4.69) is 34.1 Å². The van der Waals surface area contributed by atoms with Crippen LogP contribution in [0.4, 0.5) is 0 Å². The van der Waals surface area contributed by atoms with Gasteiger partial charge in [0, 0.05) is 44.3 Å². The zero-order chi connectivity index (χ0) is 19.6. The van der Waals surface area contributed by atoms with Crippen molar-refractivity contribution in [2.75, 3.05) is 32.8 Å². The van der Waals surface area contributed by atoms with Gasteiger partial charge in [-0.1, -0.05) is 36.4 Å². The molecule has 1 saturated heterocycles. The number of rotatable bonds is 3. The number of hydrogen-bond donors (Lipinski definition) is 0. The van der Waals surface area contributed by atoms with E-state index in [1.165, 1.54) is 5.56 Å². The number of nitrogens with zero attached hydrogens (tertiary/aromatic N) is 3. The molecule has 0 radical (unpaired) electrons. The smallest absolute Gasteiger partial charge is 0.267 e. The molecule has 2 aliphatic rings. The summed E-state index contributed by atoms with van der Waals surface area (Å²) in [6.45, 7) is 4.15. The van der Waals surface area contributed by atoms with Crippen LogP contribution in [-0.4, -0.2) is 59.6 Å². The first-order chi connectivity index (χ1) is 14.3. The number of benzene rings is 2. The van der Waals surface area contributed by atoms with Gasteiger partial charge >= 0.3 is 0 Å². The molecule has 148 valence electrons. The van der Waals surface area contributed by atoms with Gasteiger partial charge in [-0.25, -0.2) is 0 Å². The highest BCUT2D eigenvalue weighted by atomic mass is 16.6. The predicted molar refractivity (Wildman–Crippen MR) is 110 cm³/mol. The van der Waals surface area contributed by atoms with Crippen LogP contribution in [0, 0.1) is 0 Å². The zero-order valence-electron chi connectivity index (χ0n) is 16.2. The molecule has 3 aromatic rings. The first-order valence-corrected chi connectivity index (χ1v) is 10.0. The van der Waals surface area contributed by atoms with Crippen LogP contribution in [-0.2, 0) is 11.3 Å². The van der Waals surface area contributed by atoms with E-state index in [1.54, 1.807) is 0 Å². The molecule has 1 aromatic heterocycles. The average Bonchev–Trinajstić information content (AvgIpc) is 2.79. The lowest BCUT2D eigenvalue weighted by Gasteiger charge is -2.37. The molecule has 5 rings (SSSR count). The lowest BCUT2D eigenvalue weighted by molar-refractivity contribution is -0.143. The fraction of sp³-hybridized carbons (Fsp3) is 0.304. The first kappa shape index (κ1) is 17.9. The first-order valence-electron chi connectivity index (χ1n) is 10.0. The van der Waals surface area contributed by atoms with Crippen molar-refractivity contribution >= 4 is 16.8 Å². The van der Waals surface area contributed by atoms with Gasteiger partial charge in [-0.2, -0.15) is 0 Å². The second-order valence-corrected chi connectivity index (χ2v) is 7.46. The van der Waals surface area contributed by atoms with Gasteiger partial charge in [0.1, 0.15) is 6.61 Å². The van der Waals surface area contributed by atoms with E-state index in [4.69, 9.17) is 9.47 Å². The number of para-hydroxylation sites is 3. The highest BCUT2D eigenvalue weighted by Gasteiger charge is 2.32. The standard InChI is InChI=1S/C23H23N3O3/c27-23(21-16-28-19-8-1-2-9-20(19)29-21)26-13-11-25(12-14-26)15-18-6-3-5-17-7-4-10-24-22(17)18/h1-10,21H,11-16H2/t21-/m0/s1. The Hall–Kier alpha value is -3.12. The molecule has 0 aliphatic carbocycles. The summed E-state index contributed by atoms with van der Waals surface area (Å²) in [5.74, 6) is 1.34. The van der Waals surface area contributed by atoms with E-state index >= 15 is 0 Å². The lowest BCUT2D eigenvalue weighted by Crippen LogP contribution is -2.53. The minimum Gasteiger partial charge on any atom is -0.485 e. The molecule has 6 nitrogen and oxygen atoms in total. The van der Waals surface area contributed by atoms with Crippen molar-refractivity contribution in [3.05, 3.63) is 66.4 Å². The van der Waals surface area contributed by atoms with Crippen LogP contribution < -0.4 is 9.47 Å². The van der Waals surface area contributed by atoms with Gasteiger partial charge in [-0.05, 0) is 23.8 Å². The fourth-order valence-corrected chi connectivity index (χ4v) is 4.01. The van der Waals surface area contributed by atoms with Crippen molar-refractivity contribution < 1.29 is 14.3 Å². The zero-order valence-corrected chi connectivity index (χ0v) is 16.2. The highest BCUT2D eigenvalue weighted by molar-refractivity contribution is 5.82. The summed E-state index contributed by atoms with van der Waals surface area (Å²) in [5.41, 5.74) is 2.28. The van der Waals surface area contributed by atoms with Gasteiger partial charge in [0.25, 0.3) is 5.91 Å². The minimum atomic E-state index is -0.571. The average molecular weight is 389 g/mol. The summed E-state index contributed by atoms with van der Waals surface area (Å²) in [4.78, 5) is 21.7. The van der Waals surface area contributed by atoms with Gasteiger partial charge < -0.3 is 14.4 Å². The Kier molecular flexibility index (Phi) is 4.77. The molecule has 2 aliphatic heterocycles. The van der Waals surface area contributed by atoms with Gasteiger partial charge in [-0.15, -0.1) is 0 Å². The van der Waals surface area contributed by atoms with Crippen LogP contribution in [0.3, 0.4) is 0 Å². The minimum absolute atomic E-state index is 0.00554. The monoisotopic (exact) mass is 389 g/mol. The van der Waals surface area contributed by atoms with Gasteiger partial charge in [0.05, 0.1) is 5.52 Å². The van der Waals surface area contributed by atoms with E-state index in [0.29, 0.717) is 24.6 Å². The van der Waals surface area contributed by atoms with E-state index in [1.807, 2.05) is 41.4 Å². The molecule has 6 heteroatoms. The van der Waals surface area contributed by atoms with E-state index in [-0.39, 0.29) is 12.5 Å². The van der Waals surface area contributed by atoms with Crippen molar-refractivity contribution in [1.82, 2.24) is 14.8 Å².